The molecule has 1 aromatic heterocycles. The van der Waals surface area contributed by atoms with E-state index in [9.17, 15) is 14.0 Å². The summed E-state index contributed by atoms with van der Waals surface area (Å²) in [6.07, 6.45) is 3.15. The van der Waals surface area contributed by atoms with Gasteiger partial charge in [-0.15, -0.1) is 0 Å². The predicted octanol–water partition coefficient (Wildman–Crippen LogP) is 4.16. The smallest absolute Gasteiger partial charge is 0.256 e. The first-order chi connectivity index (χ1) is 12.6. The van der Waals surface area contributed by atoms with Crippen molar-refractivity contribution in [3.63, 3.8) is 0 Å². The zero-order valence-electron chi connectivity index (χ0n) is 13.5. The third-order valence-corrected chi connectivity index (χ3v) is 4.00. The Kier molecular flexibility index (Phi) is 3.85. The number of halogens is 1. The average molecular weight is 348 g/mol. The second kappa shape index (κ2) is 6.33. The number of carbonyl (C=O) groups is 2. The summed E-state index contributed by atoms with van der Waals surface area (Å²) in [5.74, 6) is -0.439. The number of hydrogen-bond donors (Lipinski definition) is 2. The number of benzene rings is 2. The van der Waals surface area contributed by atoms with Gasteiger partial charge in [0.05, 0.1) is 11.8 Å². The van der Waals surface area contributed by atoms with Crippen molar-refractivity contribution in [3.05, 3.63) is 83.6 Å². The summed E-state index contributed by atoms with van der Waals surface area (Å²) in [5, 5.41) is 5.46. The molecular formula is C20H13FN2O3. The molecule has 6 heteroatoms. The Morgan fingerprint density at radius 1 is 1.12 bits per heavy atom. The van der Waals surface area contributed by atoms with E-state index >= 15 is 0 Å². The third-order valence-electron chi connectivity index (χ3n) is 4.00. The number of carbonyl (C=O) groups excluding carboxylic acids is 2. The molecule has 2 heterocycles. The molecule has 0 radical (unpaired) electrons. The molecule has 0 saturated heterocycles. The molecule has 0 spiro atoms. The van der Waals surface area contributed by atoms with Crippen LogP contribution >= 0.6 is 0 Å². The van der Waals surface area contributed by atoms with Crippen LogP contribution in [-0.2, 0) is 4.79 Å². The first-order valence-corrected chi connectivity index (χ1v) is 7.88. The zero-order valence-corrected chi connectivity index (χ0v) is 13.5. The van der Waals surface area contributed by atoms with E-state index in [2.05, 4.69) is 10.6 Å². The lowest BCUT2D eigenvalue weighted by Crippen LogP contribution is -2.12. The molecule has 0 unspecified atom stereocenters. The van der Waals surface area contributed by atoms with E-state index in [1.54, 1.807) is 36.4 Å². The minimum atomic E-state index is -0.377. The number of nitrogens with one attached hydrogen (secondary N) is 2. The standard InChI is InChI=1S/C20H13FN2O3/c21-13-4-6-14(7-5-13)22-19(24)12-3-8-18-16(10-12)17(20(25)23-18)11-15-2-1-9-26-15/h1-11H,(H,22,24)(H,23,25)/b17-11-. The maximum absolute atomic E-state index is 13.0. The van der Waals surface area contributed by atoms with Gasteiger partial charge in [-0.1, -0.05) is 0 Å². The molecule has 1 aliphatic rings. The maximum Gasteiger partial charge on any atom is 0.256 e. The fourth-order valence-electron chi connectivity index (χ4n) is 2.72. The Hall–Kier alpha value is -3.67. The summed E-state index contributed by atoms with van der Waals surface area (Å²) < 4.78 is 18.2. The SMILES string of the molecule is O=C1Nc2ccc(C(=O)Nc3ccc(F)cc3)cc2/C1=C/c1ccco1. The first kappa shape index (κ1) is 15.8. The van der Waals surface area contributed by atoms with E-state index < -0.39 is 0 Å². The van der Waals surface area contributed by atoms with Crippen LogP contribution in [0.3, 0.4) is 0 Å². The molecule has 0 aliphatic carbocycles. The molecule has 3 aromatic rings. The molecule has 26 heavy (non-hydrogen) atoms. The van der Waals surface area contributed by atoms with Gasteiger partial charge >= 0.3 is 0 Å². The van der Waals surface area contributed by atoms with E-state index in [0.717, 1.165) is 0 Å². The van der Waals surface area contributed by atoms with Crippen molar-refractivity contribution >= 4 is 34.8 Å². The maximum atomic E-state index is 13.0. The highest BCUT2D eigenvalue weighted by atomic mass is 19.1. The van der Waals surface area contributed by atoms with Gasteiger partial charge in [-0.2, -0.15) is 0 Å². The van der Waals surface area contributed by atoms with Gasteiger partial charge in [-0.05, 0) is 60.7 Å². The molecule has 0 bridgehead atoms. The summed E-state index contributed by atoms with van der Waals surface area (Å²) in [5.41, 5.74) is 2.54. The fraction of sp³-hybridized carbons (Fsp3) is 0. The molecular weight excluding hydrogens is 335 g/mol. The molecule has 0 atom stereocenters. The molecule has 5 nitrogen and oxygen atoms in total. The number of anilines is 2. The van der Waals surface area contributed by atoms with Crippen molar-refractivity contribution in [2.75, 3.05) is 10.6 Å². The molecule has 4 rings (SSSR count). The number of amides is 2. The lowest BCUT2D eigenvalue weighted by atomic mass is 10.0. The summed E-state index contributed by atoms with van der Waals surface area (Å²) >= 11 is 0. The average Bonchev–Trinajstić information content (AvgIpc) is 3.25. The molecule has 2 amide bonds. The lowest BCUT2D eigenvalue weighted by molar-refractivity contribution is -0.110. The van der Waals surface area contributed by atoms with Crippen LogP contribution in [0.25, 0.3) is 11.6 Å². The normalized spacial score (nSPS) is 14.2. The van der Waals surface area contributed by atoms with E-state index in [0.29, 0.717) is 33.8 Å². The van der Waals surface area contributed by atoms with E-state index in [4.69, 9.17) is 4.42 Å². The Bertz CT molecular complexity index is 1020. The van der Waals surface area contributed by atoms with Gasteiger partial charge in [-0.25, -0.2) is 4.39 Å². The first-order valence-electron chi connectivity index (χ1n) is 7.88. The topological polar surface area (TPSA) is 71.3 Å². The highest BCUT2D eigenvalue weighted by molar-refractivity contribution is 6.35. The van der Waals surface area contributed by atoms with Gasteiger partial charge in [0.15, 0.2) is 0 Å². The van der Waals surface area contributed by atoms with E-state index in [1.165, 1.54) is 30.5 Å². The fourth-order valence-corrected chi connectivity index (χ4v) is 2.72. The van der Waals surface area contributed by atoms with Gasteiger partial charge < -0.3 is 15.1 Å². The van der Waals surface area contributed by atoms with Crippen LogP contribution in [-0.4, -0.2) is 11.8 Å². The van der Waals surface area contributed by atoms with Crippen molar-refractivity contribution in [2.45, 2.75) is 0 Å². The van der Waals surface area contributed by atoms with Crippen molar-refractivity contribution in [1.82, 2.24) is 0 Å². The number of furan rings is 1. The Labute approximate surface area is 148 Å². The molecule has 0 fully saturated rings. The van der Waals surface area contributed by atoms with Gasteiger partial charge in [0.1, 0.15) is 11.6 Å². The van der Waals surface area contributed by atoms with Crippen molar-refractivity contribution in [1.29, 1.82) is 0 Å². The predicted molar refractivity (Wildman–Crippen MR) is 96.0 cm³/mol. The number of fused-ring (bicyclic) bond motifs is 1. The Balaban J connectivity index is 1.64. The molecule has 2 N–H and O–H groups in total. The second-order valence-electron chi connectivity index (χ2n) is 5.75. The van der Waals surface area contributed by atoms with Crippen LogP contribution in [0.5, 0.6) is 0 Å². The van der Waals surface area contributed by atoms with Crippen molar-refractivity contribution in [3.8, 4) is 0 Å². The van der Waals surface area contributed by atoms with Gasteiger partial charge in [0.25, 0.3) is 11.8 Å². The van der Waals surface area contributed by atoms with E-state index in [-0.39, 0.29) is 17.6 Å². The Morgan fingerprint density at radius 3 is 2.65 bits per heavy atom. The van der Waals surface area contributed by atoms with Crippen LogP contribution in [0.1, 0.15) is 21.7 Å². The second-order valence-corrected chi connectivity index (χ2v) is 5.75. The molecule has 2 aromatic carbocycles. The monoisotopic (exact) mass is 348 g/mol. The quantitative estimate of drug-likeness (QED) is 0.698. The Morgan fingerprint density at radius 2 is 1.92 bits per heavy atom. The van der Waals surface area contributed by atoms with Crippen LogP contribution in [0.15, 0.2) is 65.3 Å². The third kappa shape index (κ3) is 3.00. The number of rotatable bonds is 3. The van der Waals surface area contributed by atoms with Crippen LogP contribution < -0.4 is 10.6 Å². The van der Waals surface area contributed by atoms with Crippen molar-refractivity contribution in [2.24, 2.45) is 0 Å². The lowest BCUT2D eigenvalue weighted by Gasteiger charge is -2.07. The van der Waals surface area contributed by atoms with Crippen molar-refractivity contribution < 1.29 is 18.4 Å². The molecule has 128 valence electrons. The summed E-state index contributed by atoms with van der Waals surface area (Å²) in [4.78, 5) is 24.7. The van der Waals surface area contributed by atoms with Crippen LogP contribution in [0.2, 0.25) is 0 Å². The zero-order chi connectivity index (χ0) is 18.1. The summed E-state index contributed by atoms with van der Waals surface area (Å²) in [6, 6.07) is 13.9. The minimum Gasteiger partial charge on any atom is -0.465 e. The van der Waals surface area contributed by atoms with Gasteiger partial charge in [-0.3, -0.25) is 9.59 Å². The van der Waals surface area contributed by atoms with Gasteiger partial charge in [0, 0.05) is 22.5 Å². The van der Waals surface area contributed by atoms with E-state index in [1.807, 2.05) is 0 Å². The highest BCUT2D eigenvalue weighted by Gasteiger charge is 2.25. The van der Waals surface area contributed by atoms with Crippen LogP contribution in [0.4, 0.5) is 15.8 Å². The molecule has 0 saturated carbocycles. The van der Waals surface area contributed by atoms with Crippen LogP contribution in [0, 0.1) is 5.82 Å². The molecule has 1 aliphatic heterocycles. The van der Waals surface area contributed by atoms with Gasteiger partial charge in [0.2, 0.25) is 0 Å². The highest BCUT2D eigenvalue weighted by Crippen LogP contribution is 2.34. The largest absolute Gasteiger partial charge is 0.465 e. The summed E-state index contributed by atoms with van der Waals surface area (Å²) in [6.45, 7) is 0. The summed E-state index contributed by atoms with van der Waals surface area (Å²) in [7, 11) is 0. The number of hydrogen-bond acceptors (Lipinski definition) is 3. The minimum absolute atomic E-state index is 0.257.